The van der Waals surface area contributed by atoms with Gasteiger partial charge in [-0.15, -0.1) is 11.3 Å². The van der Waals surface area contributed by atoms with E-state index >= 15 is 0 Å². The quantitative estimate of drug-likeness (QED) is 0.571. The summed E-state index contributed by atoms with van der Waals surface area (Å²) in [6, 6.07) is 14.9. The Labute approximate surface area is 179 Å². The molecule has 2 aromatic carbocycles. The number of thiazole rings is 1. The highest BCUT2D eigenvalue weighted by Crippen LogP contribution is 2.27. The van der Waals surface area contributed by atoms with Crippen molar-refractivity contribution in [3.05, 3.63) is 81.9 Å². The van der Waals surface area contributed by atoms with E-state index in [-0.39, 0.29) is 11.8 Å². The van der Waals surface area contributed by atoms with E-state index < -0.39 is 0 Å². The molecule has 1 heterocycles. The molecule has 0 fully saturated rings. The van der Waals surface area contributed by atoms with Gasteiger partial charge in [-0.3, -0.25) is 9.59 Å². The van der Waals surface area contributed by atoms with Crippen LogP contribution in [0, 0.1) is 6.92 Å². The van der Waals surface area contributed by atoms with Crippen LogP contribution < -0.4 is 5.32 Å². The lowest BCUT2D eigenvalue weighted by molar-refractivity contribution is 0.0827. The lowest BCUT2D eigenvalue weighted by Gasteiger charge is -2.12. The molecular weight excluding hydrogens is 402 g/mol. The summed E-state index contributed by atoms with van der Waals surface area (Å²) in [5, 5.41) is 5.00. The average Bonchev–Trinajstić information content (AvgIpc) is 3.15. The molecule has 0 unspecified atom stereocenters. The first-order valence-electron chi connectivity index (χ1n) is 9.15. The van der Waals surface area contributed by atoms with Gasteiger partial charge in [0.2, 0.25) is 0 Å². The van der Waals surface area contributed by atoms with Crippen LogP contribution in [0.3, 0.4) is 0 Å². The Balaban J connectivity index is 1.61. The topological polar surface area (TPSA) is 62.3 Å². The molecule has 29 heavy (non-hydrogen) atoms. The number of carbonyl (C=O) groups excluding carboxylic acids is 2. The van der Waals surface area contributed by atoms with Crippen molar-refractivity contribution in [1.82, 2.24) is 15.2 Å². The van der Waals surface area contributed by atoms with Gasteiger partial charge in [-0.05, 0) is 36.2 Å². The smallest absolute Gasteiger partial charge is 0.253 e. The molecule has 0 spiro atoms. The van der Waals surface area contributed by atoms with Crippen LogP contribution in [0.15, 0.2) is 58.3 Å². The van der Waals surface area contributed by atoms with E-state index in [1.807, 2.05) is 48.7 Å². The molecule has 3 rings (SSSR count). The van der Waals surface area contributed by atoms with Crippen molar-refractivity contribution in [2.24, 2.45) is 0 Å². The van der Waals surface area contributed by atoms with Crippen LogP contribution >= 0.6 is 23.1 Å². The monoisotopic (exact) mass is 425 g/mol. The number of amides is 2. The maximum atomic E-state index is 12.7. The molecule has 0 aliphatic rings. The molecule has 7 heteroatoms. The van der Waals surface area contributed by atoms with Crippen molar-refractivity contribution in [2.75, 3.05) is 14.1 Å². The Morgan fingerprint density at radius 3 is 2.48 bits per heavy atom. The molecule has 0 aliphatic carbocycles. The summed E-state index contributed by atoms with van der Waals surface area (Å²) in [5.41, 5.74) is 4.24. The van der Waals surface area contributed by atoms with E-state index in [1.54, 1.807) is 54.2 Å². The third-order valence-corrected chi connectivity index (χ3v) is 6.46. The van der Waals surface area contributed by atoms with E-state index in [9.17, 15) is 9.59 Å². The third kappa shape index (κ3) is 5.68. The molecule has 1 aromatic heterocycles. The van der Waals surface area contributed by atoms with Crippen molar-refractivity contribution in [1.29, 1.82) is 0 Å². The Bertz CT molecular complexity index is 997. The summed E-state index contributed by atoms with van der Waals surface area (Å²) in [4.78, 5) is 30.7. The predicted octanol–water partition coefficient (Wildman–Crippen LogP) is 4.38. The Morgan fingerprint density at radius 1 is 1.10 bits per heavy atom. The van der Waals surface area contributed by atoms with Gasteiger partial charge in [-0.2, -0.15) is 0 Å². The maximum absolute atomic E-state index is 12.7. The second kappa shape index (κ2) is 9.71. The highest BCUT2D eigenvalue weighted by Gasteiger charge is 2.12. The van der Waals surface area contributed by atoms with E-state index in [4.69, 9.17) is 0 Å². The van der Waals surface area contributed by atoms with Gasteiger partial charge < -0.3 is 10.2 Å². The molecule has 0 bridgehead atoms. The van der Waals surface area contributed by atoms with Crippen molar-refractivity contribution in [2.45, 2.75) is 23.6 Å². The van der Waals surface area contributed by atoms with Crippen molar-refractivity contribution in [3.63, 3.8) is 0 Å². The molecular formula is C22H23N3O2S2. The van der Waals surface area contributed by atoms with Crippen LogP contribution in [0.5, 0.6) is 0 Å². The molecule has 3 aromatic rings. The van der Waals surface area contributed by atoms with Gasteiger partial charge >= 0.3 is 0 Å². The molecule has 0 aliphatic heterocycles. The number of aryl methyl sites for hydroxylation is 1. The number of rotatable bonds is 7. The first kappa shape index (κ1) is 21.1. The SMILES string of the molecule is Cc1csc(SCc2ccccc2C(=O)NCc2ccc(C(=O)N(C)C)cc2)n1. The fourth-order valence-corrected chi connectivity index (χ4v) is 4.56. The first-order valence-corrected chi connectivity index (χ1v) is 11.0. The third-order valence-electron chi connectivity index (χ3n) is 4.27. The summed E-state index contributed by atoms with van der Waals surface area (Å²) in [7, 11) is 3.45. The van der Waals surface area contributed by atoms with Gasteiger partial charge in [0.15, 0.2) is 0 Å². The Kier molecular flexibility index (Phi) is 7.06. The fourth-order valence-electron chi connectivity index (χ4n) is 2.71. The van der Waals surface area contributed by atoms with Gasteiger partial charge in [-0.1, -0.05) is 42.1 Å². The van der Waals surface area contributed by atoms with Crippen LogP contribution in [0.25, 0.3) is 0 Å². The molecule has 150 valence electrons. The van der Waals surface area contributed by atoms with Gasteiger partial charge in [0.05, 0.1) is 0 Å². The molecule has 5 nitrogen and oxygen atoms in total. The minimum Gasteiger partial charge on any atom is -0.348 e. The zero-order valence-electron chi connectivity index (χ0n) is 16.6. The van der Waals surface area contributed by atoms with Crippen LogP contribution in [0.4, 0.5) is 0 Å². The number of benzene rings is 2. The van der Waals surface area contributed by atoms with E-state index in [2.05, 4.69) is 10.3 Å². The molecule has 0 saturated heterocycles. The largest absolute Gasteiger partial charge is 0.348 e. The van der Waals surface area contributed by atoms with Gasteiger partial charge in [-0.25, -0.2) is 4.98 Å². The summed E-state index contributed by atoms with van der Waals surface area (Å²) < 4.78 is 1.00. The number of thioether (sulfide) groups is 1. The highest BCUT2D eigenvalue weighted by molar-refractivity contribution is 8.00. The molecule has 0 saturated carbocycles. The second-order valence-electron chi connectivity index (χ2n) is 6.78. The molecule has 0 atom stereocenters. The Hall–Kier alpha value is -2.64. The van der Waals surface area contributed by atoms with E-state index in [0.717, 1.165) is 21.2 Å². The minimum atomic E-state index is -0.107. The summed E-state index contributed by atoms with van der Waals surface area (Å²) >= 11 is 3.26. The van der Waals surface area contributed by atoms with Crippen LogP contribution in [0.2, 0.25) is 0 Å². The highest BCUT2D eigenvalue weighted by atomic mass is 32.2. The van der Waals surface area contributed by atoms with Crippen molar-refractivity contribution >= 4 is 34.9 Å². The number of carbonyl (C=O) groups is 2. The van der Waals surface area contributed by atoms with Gasteiger partial charge in [0, 0.05) is 48.6 Å². The summed E-state index contributed by atoms with van der Waals surface area (Å²) in [6.07, 6.45) is 0. The Morgan fingerprint density at radius 2 is 1.83 bits per heavy atom. The molecule has 0 radical (unpaired) electrons. The zero-order valence-corrected chi connectivity index (χ0v) is 18.3. The van der Waals surface area contributed by atoms with Crippen LogP contribution in [-0.4, -0.2) is 35.8 Å². The molecule has 2 amide bonds. The summed E-state index contributed by atoms with van der Waals surface area (Å²) in [5.74, 6) is 0.546. The number of hydrogen-bond acceptors (Lipinski definition) is 5. The normalized spacial score (nSPS) is 10.6. The van der Waals surface area contributed by atoms with Crippen molar-refractivity contribution < 1.29 is 9.59 Å². The first-order chi connectivity index (χ1) is 13.9. The maximum Gasteiger partial charge on any atom is 0.253 e. The number of aromatic nitrogens is 1. The summed E-state index contributed by atoms with van der Waals surface area (Å²) in [6.45, 7) is 2.38. The van der Waals surface area contributed by atoms with E-state index in [1.165, 1.54) is 0 Å². The number of nitrogens with one attached hydrogen (secondary N) is 1. The van der Waals surface area contributed by atoms with E-state index in [0.29, 0.717) is 23.4 Å². The average molecular weight is 426 g/mol. The minimum absolute atomic E-state index is 0.0394. The number of hydrogen-bond donors (Lipinski definition) is 1. The molecule has 1 N–H and O–H groups in total. The zero-order chi connectivity index (χ0) is 20.8. The standard InChI is InChI=1S/C22H23N3O2S2/c1-15-13-28-22(24-15)29-14-18-6-4-5-7-19(18)20(26)23-12-16-8-10-17(11-9-16)21(27)25(2)3/h4-11,13H,12,14H2,1-3H3,(H,23,26). The van der Waals surface area contributed by atoms with Crippen LogP contribution in [-0.2, 0) is 12.3 Å². The fraction of sp³-hybridized carbons (Fsp3) is 0.227. The predicted molar refractivity (Wildman–Crippen MR) is 118 cm³/mol. The number of nitrogens with zero attached hydrogens (tertiary/aromatic N) is 2. The lowest BCUT2D eigenvalue weighted by Crippen LogP contribution is -2.24. The second-order valence-corrected chi connectivity index (χ2v) is 8.86. The lowest BCUT2D eigenvalue weighted by atomic mass is 10.1. The van der Waals surface area contributed by atoms with Crippen LogP contribution in [0.1, 0.15) is 37.5 Å². The van der Waals surface area contributed by atoms with Gasteiger partial charge in [0.25, 0.3) is 11.8 Å². The van der Waals surface area contributed by atoms with Gasteiger partial charge in [0.1, 0.15) is 4.34 Å². The van der Waals surface area contributed by atoms with Crippen molar-refractivity contribution in [3.8, 4) is 0 Å².